The smallest absolute Gasteiger partial charge is 0.407 e. The maximum Gasteiger partial charge on any atom is 0.499 e. The summed E-state index contributed by atoms with van der Waals surface area (Å²) in [6.07, 6.45) is 7.41. The van der Waals surface area contributed by atoms with Crippen molar-refractivity contribution < 1.29 is 18.1 Å². The average molecular weight is 324 g/mol. The molecular formula is C18H27BF2O2. The Labute approximate surface area is 138 Å². The monoisotopic (exact) mass is 324 g/mol. The van der Waals surface area contributed by atoms with Gasteiger partial charge in [-0.15, -0.1) is 0 Å². The van der Waals surface area contributed by atoms with Crippen molar-refractivity contribution in [3.63, 3.8) is 0 Å². The molecule has 0 aliphatic carbocycles. The lowest BCUT2D eigenvalue weighted by molar-refractivity contribution is 0.0803. The molecule has 0 unspecified atom stereocenters. The first-order valence-corrected chi connectivity index (χ1v) is 8.86. The van der Waals surface area contributed by atoms with E-state index in [4.69, 9.17) is 9.31 Å². The summed E-state index contributed by atoms with van der Waals surface area (Å²) < 4.78 is 39.6. The van der Waals surface area contributed by atoms with E-state index in [0.717, 1.165) is 19.3 Å². The van der Waals surface area contributed by atoms with E-state index in [0.29, 0.717) is 31.1 Å². The van der Waals surface area contributed by atoms with Gasteiger partial charge in [0.15, 0.2) is 0 Å². The third kappa shape index (κ3) is 5.28. The first-order chi connectivity index (χ1) is 11.2. The molecule has 1 fully saturated rings. The highest BCUT2D eigenvalue weighted by atomic mass is 19.1. The highest BCUT2D eigenvalue weighted by molar-refractivity contribution is 6.61. The molecule has 5 heteroatoms. The predicted octanol–water partition coefficient (Wildman–Crippen LogP) is 4.25. The van der Waals surface area contributed by atoms with Crippen molar-refractivity contribution in [3.05, 3.63) is 29.3 Å². The van der Waals surface area contributed by atoms with Gasteiger partial charge >= 0.3 is 7.12 Å². The van der Waals surface area contributed by atoms with Crippen LogP contribution in [-0.4, -0.2) is 20.3 Å². The molecule has 128 valence electrons. The van der Waals surface area contributed by atoms with Crippen molar-refractivity contribution in [1.29, 1.82) is 0 Å². The minimum atomic E-state index is -0.919. The Bertz CT molecular complexity index is 465. The number of unbranched alkanes of at least 4 members (excludes halogenated alkanes) is 3. The topological polar surface area (TPSA) is 18.5 Å². The van der Waals surface area contributed by atoms with E-state index < -0.39 is 18.8 Å². The molecule has 0 aromatic heterocycles. The second kappa shape index (κ2) is 9.38. The van der Waals surface area contributed by atoms with Crippen LogP contribution in [0.1, 0.15) is 57.9 Å². The van der Waals surface area contributed by atoms with Gasteiger partial charge in [-0.1, -0.05) is 46.0 Å². The van der Waals surface area contributed by atoms with Gasteiger partial charge in [0.2, 0.25) is 0 Å². The summed E-state index contributed by atoms with van der Waals surface area (Å²) in [5.74, 6) is -0.812. The van der Waals surface area contributed by atoms with Crippen LogP contribution >= 0.6 is 0 Å². The maximum absolute atomic E-state index is 14.2. The highest BCUT2D eigenvalue weighted by Gasteiger charge is 2.34. The van der Waals surface area contributed by atoms with Gasteiger partial charge < -0.3 is 9.31 Å². The van der Waals surface area contributed by atoms with Crippen LogP contribution in [0.3, 0.4) is 0 Å². The van der Waals surface area contributed by atoms with Crippen molar-refractivity contribution in [1.82, 2.24) is 0 Å². The number of hydrogen-bond donors (Lipinski definition) is 0. The van der Waals surface area contributed by atoms with Crippen LogP contribution in [0.25, 0.3) is 0 Å². The number of benzene rings is 1. The molecular weight excluding hydrogens is 297 g/mol. The van der Waals surface area contributed by atoms with Gasteiger partial charge in [0, 0.05) is 19.1 Å². The zero-order valence-electron chi connectivity index (χ0n) is 14.2. The van der Waals surface area contributed by atoms with Crippen LogP contribution in [0.5, 0.6) is 0 Å². The minimum absolute atomic E-state index is 0.0886. The first kappa shape index (κ1) is 18.4. The van der Waals surface area contributed by atoms with Crippen LogP contribution in [0, 0.1) is 17.6 Å². The molecule has 1 aliphatic rings. The maximum atomic E-state index is 14.2. The Morgan fingerprint density at radius 3 is 2.22 bits per heavy atom. The molecule has 0 amide bonds. The van der Waals surface area contributed by atoms with Crippen molar-refractivity contribution in [2.24, 2.45) is 5.92 Å². The fourth-order valence-electron chi connectivity index (χ4n) is 3.03. The Balaban J connectivity index is 1.90. The van der Waals surface area contributed by atoms with Crippen LogP contribution in [0.2, 0.25) is 0 Å². The molecule has 0 spiro atoms. The third-order valence-corrected chi connectivity index (χ3v) is 4.35. The highest BCUT2D eigenvalue weighted by Crippen LogP contribution is 2.18. The summed E-state index contributed by atoms with van der Waals surface area (Å²) in [5, 5.41) is 0. The number of aryl methyl sites for hydroxylation is 1. The van der Waals surface area contributed by atoms with E-state index in [1.54, 1.807) is 0 Å². The predicted molar refractivity (Wildman–Crippen MR) is 89.9 cm³/mol. The molecule has 0 radical (unpaired) electrons. The SMILES string of the molecule is CCCCCCC1COB(c2c(F)cc(CCC)cc2F)OC1. The Morgan fingerprint density at radius 1 is 1.00 bits per heavy atom. The average Bonchev–Trinajstić information content (AvgIpc) is 2.53. The van der Waals surface area contributed by atoms with E-state index in [2.05, 4.69) is 6.92 Å². The normalized spacial score (nSPS) is 16.1. The molecule has 0 N–H and O–H groups in total. The molecule has 0 atom stereocenters. The zero-order valence-corrected chi connectivity index (χ0v) is 14.2. The lowest BCUT2D eigenvalue weighted by atomic mass is 9.75. The zero-order chi connectivity index (χ0) is 16.7. The lowest BCUT2D eigenvalue weighted by Crippen LogP contribution is -2.47. The fraction of sp³-hybridized carbons (Fsp3) is 0.667. The summed E-state index contributed by atoms with van der Waals surface area (Å²) >= 11 is 0. The van der Waals surface area contributed by atoms with Crippen molar-refractivity contribution in [3.8, 4) is 0 Å². The molecule has 1 saturated heterocycles. The molecule has 23 heavy (non-hydrogen) atoms. The van der Waals surface area contributed by atoms with E-state index in [1.807, 2.05) is 6.92 Å². The summed E-state index contributed by atoms with van der Waals surface area (Å²) in [5.41, 5.74) is 0.588. The van der Waals surface area contributed by atoms with Crippen molar-refractivity contribution in [2.45, 2.75) is 58.8 Å². The second-order valence-corrected chi connectivity index (χ2v) is 6.44. The Morgan fingerprint density at radius 2 is 1.65 bits per heavy atom. The van der Waals surface area contributed by atoms with Crippen molar-refractivity contribution >= 4 is 12.6 Å². The van der Waals surface area contributed by atoms with Gasteiger partial charge in [0.1, 0.15) is 11.6 Å². The fourth-order valence-corrected chi connectivity index (χ4v) is 3.03. The molecule has 0 saturated carbocycles. The van der Waals surface area contributed by atoms with Crippen LogP contribution in [0.4, 0.5) is 8.78 Å². The van der Waals surface area contributed by atoms with Gasteiger partial charge in [0.25, 0.3) is 0 Å². The summed E-state index contributed by atoms with van der Waals surface area (Å²) in [4.78, 5) is 0. The second-order valence-electron chi connectivity index (χ2n) is 6.44. The van der Waals surface area contributed by atoms with E-state index in [1.165, 1.54) is 31.4 Å². The van der Waals surface area contributed by atoms with Crippen molar-refractivity contribution in [2.75, 3.05) is 13.2 Å². The summed E-state index contributed by atoms with van der Waals surface area (Å²) in [6, 6.07) is 2.79. The molecule has 0 bridgehead atoms. The molecule has 1 aromatic carbocycles. The van der Waals surface area contributed by atoms with Gasteiger partial charge in [-0.2, -0.15) is 0 Å². The van der Waals surface area contributed by atoms with Gasteiger partial charge in [-0.25, -0.2) is 8.78 Å². The largest absolute Gasteiger partial charge is 0.499 e. The standard InChI is InChI=1S/C18H27BF2O2/c1-3-5-6-7-9-15-12-22-19(23-13-15)18-16(20)10-14(8-4-2)11-17(18)21/h10-11,15H,3-9,12-13H2,1-2H3. The molecule has 2 nitrogen and oxygen atoms in total. The van der Waals surface area contributed by atoms with E-state index in [9.17, 15) is 8.78 Å². The molecule has 1 heterocycles. The van der Waals surface area contributed by atoms with Gasteiger partial charge in [-0.05, 0) is 30.5 Å². The van der Waals surface area contributed by atoms with E-state index in [-0.39, 0.29) is 5.46 Å². The number of hydrogen-bond acceptors (Lipinski definition) is 2. The molecule has 2 rings (SSSR count). The third-order valence-electron chi connectivity index (χ3n) is 4.35. The summed E-state index contributed by atoms with van der Waals surface area (Å²) in [7, 11) is -0.919. The number of halogens is 2. The summed E-state index contributed by atoms with van der Waals surface area (Å²) in [6.45, 7) is 5.18. The minimum Gasteiger partial charge on any atom is -0.407 e. The van der Waals surface area contributed by atoms with Gasteiger partial charge in [-0.3, -0.25) is 0 Å². The Kier molecular flexibility index (Phi) is 7.51. The molecule has 1 aromatic rings. The first-order valence-electron chi connectivity index (χ1n) is 8.86. The Hall–Kier alpha value is -0.935. The molecule has 1 aliphatic heterocycles. The van der Waals surface area contributed by atoms with E-state index >= 15 is 0 Å². The van der Waals surface area contributed by atoms with Crippen LogP contribution in [-0.2, 0) is 15.7 Å². The van der Waals surface area contributed by atoms with Crippen LogP contribution in [0.15, 0.2) is 12.1 Å². The van der Waals surface area contributed by atoms with Gasteiger partial charge in [0.05, 0.1) is 5.46 Å². The lowest BCUT2D eigenvalue weighted by Gasteiger charge is -2.28. The van der Waals surface area contributed by atoms with Crippen LogP contribution < -0.4 is 5.46 Å². The number of rotatable bonds is 8. The quantitative estimate of drug-likeness (QED) is 0.526.